The number of aliphatic hydroxyl groups is 1. The van der Waals surface area contributed by atoms with Crippen LogP contribution in [-0.4, -0.2) is 31.2 Å². The molecular formula is C9H20N2O3S. The highest BCUT2D eigenvalue weighted by molar-refractivity contribution is 7.87. The van der Waals surface area contributed by atoms with Crippen molar-refractivity contribution < 1.29 is 13.5 Å². The third-order valence-corrected chi connectivity index (χ3v) is 3.99. The van der Waals surface area contributed by atoms with Gasteiger partial charge in [-0.25, -0.2) is 0 Å². The maximum atomic E-state index is 11.7. The molecule has 0 spiro atoms. The van der Waals surface area contributed by atoms with Crippen LogP contribution in [0.4, 0.5) is 0 Å². The molecule has 15 heavy (non-hydrogen) atoms. The van der Waals surface area contributed by atoms with Crippen LogP contribution in [0, 0.1) is 0 Å². The maximum absolute atomic E-state index is 11.7. The minimum atomic E-state index is -3.53. The molecule has 0 aliphatic heterocycles. The zero-order valence-corrected chi connectivity index (χ0v) is 10.3. The summed E-state index contributed by atoms with van der Waals surface area (Å²) in [5, 5.41) is 9.14. The van der Waals surface area contributed by atoms with Crippen LogP contribution in [0.15, 0.2) is 0 Å². The van der Waals surface area contributed by atoms with Crippen molar-refractivity contribution in [2.45, 2.75) is 51.1 Å². The molecule has 1 fully saturated rings. The van der Waals surface area contributed by atoms with Crippen LogP contribution in [0.1, 0.15) is 40.0 Å². The van der Waals surface area contributed by atoms with Crippen molar-refractivity contribution in [1.29, 1.82) is 0 Å². The van der Waals surface area contributed by atoms with E-state index in [-0.39, 0.29) is 6.61 Å². The molecule has 0 bridgehead atoms. The Morgan fingerprint density at radius 1 is 1.33 bits per heavy atom. The molecular weight excluding hydrogens is 216 g/mol. The Kier molecular flexibility index (Phi) is 3.45. The lowest BCUT2D eigenvalue weighted by Crippen LogP contribution is -2.60. The fourth-order valence-electron chi connectivity index (χ4n) is 1.61. The van der Waals surface area contributed by atoms with Crippen LogP contribution in [-0.2, 0) is 10.2 Å². The highest BCUT2D eigenvalue weighted by Gasteiger charge is 2.40. The van der Waals surface area contributed by atoms with Gasteiger partial charge in [-0.1, -0.05) is 0 Å². The second kappa shape index (κ2) is 4.01. The molecule has 1 saturated carbocycles. The van der Waals surface area contributed by atoms with Gasteiger partial charge in [0.25, 0.3) is 10.2 Å². The first-order valence-corrected chi connectivity index (χ1v) is 6.60. The zero-order valence-electron chi connectivity index (χ0n) is 9.50. The van der Waals surface area contributed by atoms with E-state index >= 15 is 0 Å². The summed E-state index contributed by atoms with van der Waals surface area (Å²) in [7, 11) is -3.53. The van der Waals surface area contributed by atoms with E-state index in [1.807, 2.05) is 0 Å². The molecule has 1 aliphatic rings. The Morgan fingerprint density at radius 2 is 1.87 bits per heavy atom. The highest BCUT2D eigenvalue weighted by Crippen LogP contribution is 2.31. The number of hydrogen-bond donors (Lipinski definition) is 3. The van der Waals surface area contributed by atoms with Crippen LogP contribution in [0.3, 0.4) is 0 Å². The van der Waals surface area contributed by atoms with Gasteiger partial charge in [-0.3, -0.25) is 0 Å². The van der Waals surface area contributed by atoms with E-state index < -0.39 is 21.3 Å². The molecule has 0 saturated heterocycles. The quantitative estimate of drug-likeness (QED) is 0.649. The first-order valence-electron chi connectivity index (χ1n) is 5.12. The van der Waals surface area contributed by atoms with Gasteiger partial charge in [-0.05, 0) is 40.0 Å². The Bertz CT molecular complexity index is 309. The average molecular weight is 236 g/mol. The molecule has 0 aromatic carbocycles. The molecule has 0 radical (unpaired) electrons. The fraction of sp³-hybridized carbons (Fsp3) is 1.00. The largest absolute Gasteiger partial charge is 0.394 e. The predicted molar refractivity (Wildman–Crippen MR) is 58.6 cm³/mol. The lowest BCUT2D eigenvalue weighted by Gasteiger charge is -2.41. The van der Waals surface area contributed by atoms with Crippen molar-refractivity contribution in [1.82, 2.24) is 9.44 Å². The van der Waals surface area contributed by atoms with Crippen LogP contribution >= 0.6 is 0 Å². The molecule has 90 valence electrons. The molecule has 0 amide bonds. The van der Waals surface area contributed by atoms with E-state index in [0.29, 0.717) is 12.8 Å². The van der Waals surface area contributed by atoms with Crippen molar-refractivity contribution >= 4 is 10.2 Å². The Hall–Kier alpha value is -0.170. The van der Waals surface area contributed by atoms with E-state index in [2.05, 4.69) is 9.44 Å². The van der Waals surface area contributed by atoms with Crippen LogP contribution in [0.2, 0.25) is 0 Å². The van der Waals surface area contributed by atoms with Gasteiger partial charge >= 0.3 is 0 Å². The normalized spacial score (nSPS) is 21.1. The summed E-state index contributed by atoms with van der Waals surface area (Å²) in [6.07, 6.45) is 2.36. The van der Waals surface area contributed by atoms with E-state index in [0.717, 1.165) is 6.42 Å². The number of nitrogens with one attached hydrogen (secondary N) is 2. The van der Waals surface area contributed by atoms with E-state index in [1.165, 1.54) is 0 Å². The highest BCUT2D eigenvalue weighted by atomic mass is 32.2. The summed E-state index contributed by atoms with van der Waals surface area (Å²) in [5.41, 5.74) is -1.14. The Balaban J connectivity index is 2.64. The van der Waals surface area contributed by atoms with Gasteiger partial charge in [0.1, 0.15) is 0 Å². The molecule has 0 atom stereocenters. The third kappa shape index (κ3) is 3.71. The summed E-state index contributed by atoms with van der Waals surface area (Å²) >= 11 is 0. The molecule has 6 heteroatoms. The standard InChI is InChI=1S/C9H20N2O3S/c1-8(2,3)10-15(13,14)11-9(7-12)5-4-6-9/h10-12H,4-7H2,1-3H3. The number of hydrogen-bond acceptors (Lipinski definition) is 3. The molecule has 1 aliphatic carbocycles. The van der Waals surface area contributed by atoms with Crippen molar-refractivity contribution in [2.75, 3.05) is 6.61 Å². The lowest BCUT2D eigenvalue weighted by molar-refractivity contribution is 0.110. The molecule has 0 aromatic heterocycles. The second-order valence-corrected chi connectivity index (χ2v) is 6.66. The molecule has 3 N–H and O–H groups in total. The van der Waals surface area contributed by atoms with Crippen molar-refractivity contribution in [3.8, 4) is 0 Å². The van der Waals surface area contributed by atoms with Gasteiger partial charge in [0.15, 0.2) is 0 Å². The first-order chi connectivity index (χ1) is 6.68. The SMILES string of the molecule is CC(C)(C)NS(=O)(=O)NC1(CO)CCC1. The monoisotopic (exact) mass is 236 g/mol. The Labute approximate surface area is 91.4 Å². The van der Waals surface area contributed by atoms with Gasteiger partial charge in [-0.2, -0.15) is 17.9 Å². The maximum Gasteiger partial charge on any atom is 0.277 e. The Morgan fingerprint density at radius 3 is 2.13 bits per heavy atom. The zero-order chi connectivity index (χ0) is 11.7. The predicted octanol–water partition coefficient (Wildman–Crippen LogP) is 0.124. The lowest BCUT2D eigenvalue weighted by atomic mass is 9.78. The van der Waals surface area contributed by atoms with Gasteiger partial charge in [-0.15, -0.1) is 0 Å². The summed E-state index contributed by atoms with van der Waals surface area (Å²) < 4.78 is 28.4. The minimum absolute atomic E-state index is 0.141. The van der Waals surface area contributed by atoms with Gasteiger partial charge in [0, 0.05) is 5.54 Å². The topological polar surface area (TPSA) is 78.4 Å². The summed E-state index contributed by atoms with van der Waals surface area (Å²) in [6, 6.07) is 0. The molecule has 0 aromatic rings. The molecule has 0 unspecified atom stereocenters. The van der Waals surface area contributed by atoms with Gasteiger partial charge < -0.3 is 5.11 Å². The van der Waals surface area contributed by atoms with E-state index in [9.17, 15) is 8.42 Å². The molecule has 5 nitrogen and oxygen atoms in total. The molecule has 0 heterocycles. The van der Waals surface area contributed by atoms with Crippen LogP contribution in [0.5, 0.6) is 0 Å². The minimum Gasteiger partial charge on any atom is -0.394 e. The second-order valence-electron chi connectivity index (χ2n) is 5.25. The van der Waals surface area contributed by atoms with E-state index in [1.54, 1.807) is 20.8 Å². The molecule has 1 rings (SSSR count). The van der Waals surface area contributed by atoms with E-state index in [4.69, 9.17) is 5.11 Å². The fourth-order valence-corrected chi connectivity index (χ4v) is 3.31. The van der Waals surface area contributed by atoms with Crippen molar-refractivity contribution in [2.24, 2.45) is 0 Å². The third-order valence-electron chi connectivity index (χ3n) is 2.40. The van der Waals surface area contributed by atoms with Gasteiger partial charge in [0.2, 0.25) is 0 Å². The van der Waals surface area contributed by atoms with Crippen molar-refractivity contribution in [3.63, 3.8) is 0 Å². The van der Waals surface area contributed by atoms with Gasteiger partial charge in [0.05, 0.1) is 12.1 Å². The van der Waals surface area contributed by atoms with Crippen molar-refractivity contribution in [3.05, 3.63) is 0 Å². The van der Waals surface area contributed by atoms with Crippen LogP contribution < -0.4 is 9.44 Å². The summed E-state index contributed by atoms with van der Waals surface area (Å²) in [6.45, 7) is 5.19. The summed E-state index contributed by atoms with van der Waals surface area (Å²) in [5.74, 6) is 0. The number of rotatable bonds is 4. The smallest absolute Gasteiger partial charge is 0.277 e. The first kappa shape index (κ1) is 12.9. The number of aliphatic hydroxyl groups excluding tert-OH is 1. The average Bonchev–Trinajstić information content (AvgIpc) is 1.92. The summed E-state index contributed by atoms with van der Waals surface area (Å²) in [4.78, 5) is 0. The van der Waals surface area contributed by atoms with Crippen LogP contribution in [0.25, 0.3) is 0 Å².